The van der Waals surface area contributed by atoms with Gasteiger partial charge in [0.2, 0.25) is 0 Å². The molecule has 18 heteroatoms. The molecule has 8 rings (SSSR count). The molecule has 2 aliphatic rings. The Kier molecular flexibility index (Phi) is 18.9. The Morgan fingerprint density at radius 2 is 0.714 bits per heavy atom. The van der Waals surface area contributed by atoms with Crippen LogP contribution in [0.15, 0.2) is 182 Å². The second-order valence-electron chi connectivity index (χ2n) is 19.2. The van der Waals surface area contributed by atoms with E-state index in [1.165, 1.54) is 60.7 Å². The minimum Gasteiger partial charge on any atom is -0.459 e. The van der Waals surface area contributed by atoms with Gasteiger partial charge in [0.15, 0.2) is 37.0 Å². The molecule has 0 amide bonds. The smallest absolute Gasteiger partial charge is 0.338 e. The van der Waals surface area contributed by atoms with Crippen molar-refractivity contribution in [2.24, 2.45) is 0 Å². The molecule has 0 aromatic heterocycles. The quantitative estimate of drug-likeness (QED) is 0.0434. The standard InChI is InChI=1S/C59H58O17Si/c1-77(2,3)35-34-67-58-49(73-55(64)41-28-16-7-17-29-41)46(60)47(44(70-58)36-68-52(61)38-22-10-4-11-23-38)76-59-51(75-57(66)43-32-20-9-21-33-43)50(74-56(65)42-30-18-8-19-31-42)48(72-54(63)40-26-14-6-15-27-40)45(71-59)37-69-53(62)39-24-12-5-13-25-39/h4-33,44-51,58-60H,34-37H2,1-3H3/t44-,45-,46+,47-,48-,49-,50+,51-,58-,59+/m1/s1. The van der Waals surface area contributed by atoms with Crippen LogP contribution in [0.1, 0.15) is 62.1 Å². The van der Waals surface area contributed by atoms with Crippen LogP contribution in [0.25, 0.3) is 0 Å². The van der Waals surface area contributed by atoms with Crippen molar-refractivity contribution in [1.29, 1.82) is 0 Å². The first kappa shape index (κ1) is 55.4. The minimum atomic E-state index is -1.96. The maximum atomic E-state index is 14.4. The van der Waals surface area contributed by atoms with Crippen LogP contribution >= 0.6 is 0 Å². The lowest BCUT2D eigenvalue weighted by molar-refractivity contribution is -0.356. The number of ether oxygens (including phenoxy) is 10. The number of hydrogen-bond donors (Lipinski definition) is 1. The highest BCUT2D eigenvalue weighted by atomic mass is 28.3. The maximum Gasteiger partial charge on any atom is 0.338 e. The first-order valence-corrected chi connectivity index (χ1v) is 28.7. The summed E-state index contributed by atoms with van der Waals surface area (Å²) in [6.07, 6.45) is -17.3. The van der Waals surface area contributed by atoms with Gasteiger partial charge in [-0.1, -0.05) is 129 Å². The zero-order valence-corrected chi connectivity index (χ0v) is 43.4. The van der Waals surface area contributed by atoms with Crippen molar-refractivity contribution in [3.8, 4) is 0 Å². The molecule has 0 aliphatic carbocycles. The van der Waals surface area contributed by atoms with Crippen molar-refractivity contribution in [3.63, 3.8) is 0 Å². The van der Waals surface area contributed by atoms with E-state index in [9.17, 15) is 33.9 Å². The number of aliphatic hydroxyl groups is 1. The Morgan fingerprint density at radius 3 is 1.09 bits per heavy atom. The summed E-state index contributed by atoms with van der Waals surface area (Å²) in [7, 11) is -1.76. The fourth-order valence-corrected chi connectivity index (χ4v) is 9.04. The summed E-state index contributed by atoms with van der Waals surface area (Å²) in [6.45, 7) is 5.23. The monoisotopic (exact) mass is 1070 g/mol. The van der Waals surface area contributed by atoms with Crippen LogP contribution in [0.3, 0.4) is 0 Å². The minimum absolute atomic E-state index is 0.0362. The zero-order valence-electron chi connectivity index (χ0n) is 42.4. The molecule has 2 saturated heterocycles. The second kappa shape index (κ2) is 26.3. The highest BCUT2D eigenvalue weighted by molar-refractivity contribution is 6.76. The fraction of sp³-hybridized carbons (Fsp3) is 0.288. The van der Waals surface area contributed by atoms with E-state index in [2.05, 4.69) is 19.6 Å². The number of rotatable bonds is 20. The summed E-state index contributed by atoms with van der Waals surface area (Å²) >= 11 is 0. The normalized spacial score (nSPS) is 23.1. The maximum absolute atomic E-state index is 14.4. The van der Waals surface area contributed by atoms with E-state index >= 15 is 0 Å². The number of esters is 6. The van der Waals surface area contributed by atoms with Crippen LogP contribution in [-0.2, 0) is 47.4 Å². The lowest BCUT2D eigenvalue weighted by Crippen LogP contribution is -2.67. The van der Waals surface area contributed by atoms with Crippen LogP contribution in [0, 0.1) is 0 Å². The topological polar surface area (TPSA) is 215 Å². The van der Waals surface area contributed by atoms with Crippen molar-refractivity contribution >= 4 is 43.9 Å². The van der Waals surface area contributed by atoms with Crippen molar-refractivity contribution in [2.45, 2.75) is 87.1 Å². The third-order valence-electron chi connectivity index (χ3n) is 12.4. The molecule has 77 heavy (non-hydrogen) atoms. The van der Waals surface area contributed by atoms with Gasteiger partial charge < -0.3 is 52.5 Å². The first-order chi connectivity index (χ1) is 37.2. The highest BCUT2D eigenvalue weighted by Crippen LogP contribution is 2.36. The molecule has 2 aliphatic heterocycles. The van der Waals surface area contributed by atoms with Crippen molar-refractivity contribution < 1.29 is 81.2 Å². The highest BCUT2D eigenvalue weighted by Gasteiger charge is 2.57. The molecule has 6 aromatic carbocycles. The molecule has 0 radical (unpaired) electrons. The lowest BCUT2D eigenvalue weighted by atomic mass is 9.96. The van der Waals surface area contributed by atoms with Gasteiger partial charge in [-0.3, -0.25) is 0 Å². The van der Waals surface area contributed by atoms with E-state index in [1.54, 1.807) is 121 Å². The van der Waals surface area contributed by atoms with Crippen LogP contribution in [-0.4, -0.2) is 130 Å². The van der Waals surface area contributed by atoms with E-state index in [1.807, 2.05) is 0 Å². The summed E-state index contributed by atoms with van der Waals surface area (Å²) in [6, 6.07) is 48.2. The van der Waals surface area contributed by atoms with Gasteiger partial charge >= 0.3 is 35.8 Å². The van der Waals surface area contributed by atoms with Gasteiger partial charge in [0.1, 0.15) is 37.6 Å². The lowest BCUT2D eigenvalue weighted by Gasteiger charge is -2.48. The molecule has 17 nitrogen and oxygen atoms in total. The number of benzene rings is 6. The molecule has 0 spiro atoms. The van der Waals surface area contributed by atoms with Gasteiger partial charge in [0, 0.05) is 14.7 Å². The van der Waals surface area contributed by atoms with Crippen molar-refractivity contribution in [3.05, 3.63) is 215 Å². The van der Waals surface area contributed by atoms with E-state index in [0.717, 1.165) is 0 Å². The molecule has 0 bridgehead atoms. The van der Waals surface area contributed by atoms with Crippen LogP contribution in [0.4, 0.5) is 0 Å². The number of carbonyl (C=O) groups is 6. The zero-order chi connectivity index (χ0) is 54.3. The molecule has 6 aromatic rings. The molecule has 1 N–H and O–H groups in total. The third-order valence-corrected chi connectivity index (χ3v) is 14.1. The van der Waals surface area contributed by atoms with E-state index < -0.39 is 119 Å². The molecule has 0 unspecified atom stereocenters. The van der Waals surface area contributed by atoms with Gasteiger partial charge in [-0.05, 0) is 78.8 Å². The summed E-state index contributed by atoms with van der Waals surface area (Å²) < 4.78 is 62.6. The molecular formula is C59H58O17Si. The summed E-state index contributed by atoms with van der Waals surface area (Å²) in [5.41, 5.74) is 0.633. The van der Waals surface area contributed by atoms with Crippen molar-refractivity contribution in [2.75, 3.05) is 19.8 Å². The molecule has 400 valence electrons. The Hall–Kier alpha value is -7.84. The SMILES string of the molecule is C[Si](C)(C)CCO[C@@H]1O[C@H](COC(=O)c2ccccc2)[C@@H](O[C@@H]2O[C@H](COC(=O)c3ccccc3)[C@@H](OC(=O)c3ccccc3)[C@H](OC(=O)c3ccccc3)[C@H]2OC(=O)c2ccccc2)[C@H](O)[C@H]1OC(=O)c1ccccc1. The van der Waals surface area contributed by atoms with Gasteiger partial charge in [-0.15, -0.1) is 0 Å². The summed E-state index contributed by atoms with van der Waals surface area (Å²) in [5.74, 6) is -5.30. The van der Waals surface area contributed by atoms with E-state index in [4.69, 9.17) is 47.4 Å². The molecular weight excluding hydrogens is 1010 g/mol. The van der Waals surface area contributed by atoms with Crippen LogP contribution in [0.2, 0.25) is 25.7 Å². The molecule has 2 heterocycles. The van der Waals surface area contributed by atoms with Crippen LogP contribution in [0.5, 0.6) is 0 Å². The van der Waals surface area contributed by atoms with E-state index in [-0.39, 0.29) is 40.0 Å². The summed E-state index contributed by atoms with van der Waals surface area (Å²) in [5, 5.41) is 12.7. The first-order valence-electron chi connectivity index (χ1n) is 25.0. The van der Waals surface area contributed by atoms with Gasteiger partial charge in [0.25, 0.3) is 0 Å². The number of carbonyl (C=O) groups excluding carboxylic acids is 6. The summed E-state index contributed by atoms with van der Waals surface area (Å²) in [4.78, 5) is 84.0. The number of hydrogen-bond acceptors (Lipinski definition) is 17. The van der Waals surface area contributed by atoms with Gasteiger partial charge in [-0.2, -0.15) is 0 Å². The average Bonchev–Trinajstić information content (AvgIpc) is 3.46. The molecule has 0 saturated carbocycles. The molecule has 2 fully saturated rings. The van der Waals surface area contributed by atoms with Crippen LogP contribution < -0.4 is 0 Å². The van der Waals surface area contributed by atoms with Crippen molar-refractivity contribution in [1.82, 2.24) is 0 Å². The largest absolute Gasteiger partial charge is 0.459 e. The predicted octanol–water partition coefficient (Wildman–Crippen LogP) is 8.15. The second-order valence-corrected chi connectivity index (χ2v) is 24.9. The number of aliphatic hydroxyl groups excluding tert-OH is 1. The predicted molar refractivity (Wildman–Crippen MR) is 278 cm³/mol. The van der Waals surface area contributed by atoms with E-state index in [0.29, 0.717) is 6.04 Å². The van der Waals surface area contributed by atoms with Gasteiger partial charge in [-0.25, -0.2) is 28.8 Å². The molecule has 10 atom stereocenters. The van der Waals surface area contributed by atoms with Gasteiger partial charge in [0.05, 0.1) is 33.4 Å². The third kappa shape index (κ3) is 15.0. The fourth-order valence-electron chi connectivity index (χ4n) is 8.31. The Bertz CT molecular complexity index is 2890. The average molecular weight is 1070 g/mol. The Morgan fingerprint density at radius 1 is 0.403 bits per heavy atom. The Balaban J connectivity index is 1.23. The Labute approximate surface area is 445 Å².